The number of hydrogen-bond acceptors (Lipinski definition) is 0. The van der Waals surface area contributed by atoms with E-state index in [0.29, 0.717) is 0 Å². The summed E-state index contributed by atoms with van der Waals surface area (Å²) in [4.78, 5) is 0. The molecular formula is C32H52N+. The number of hydrogen-bond donors (Lipinski definition) is 0. The van der Waals surface area contributed by atoms with Crippen LogP contribution in [0, 0.1) is 0 Å². The van der Waals surface area contributed by atoms with Crippen molar-refractivity contribution in [3.05, 3.63) is 65.5 Å². The highest BCUT2D eigenvalue weighted by molar-refractivity contribution is 5.21. The number of rotatable bonds is 20. The second-order valence-electron chi connectivity index (χ2n) is 10.1. The van der Waals surface area contributed by atoms with E-state index in [1.54, 1.807) is 11.1 Å². The van der Waals surface area contributed by atoms with E-state index in [-0.39, 0.29) is 0 Å². The van der Waals surface area contributed by atoms with Gasteiger partial charge in [0.05, 0.1) is 0 Å². The van der Waals surface area contributed by atoms with Crippen LogP contribution in [0.25, 0.3) is 0 Å². The summed E-state index contributed by atoms with van der Waals surface area (Å²) in [6, 6.07) is 13.4. The lowest BCUT2D eigenvalue weighted by molar-refractivity contribution is -0.697. The molecule has 33 heavy (non-hydrogen) atoms. The Labute approximate surface area is 206 Å². The molecule has 2 rings (SSSR count). The molecule has 0 bridgehead atoms. The Hall–Kier alpha value is -1.63. The lowest BCUT2D eigenvalue weighted by Crippen LogP contribution is -2.34. The van der Waals surface area contributed by atoms with E-state index >= 15 is 0 Å². The van der Waals surface area contributed by atoms with E-state index in [1.165, 1.54) is 121 Å². The average Bonchev–Trinajstić information content (AvgIpc) is 2.84. The zero-order valence-electron chi connectivity index (χ0n) is 22.0. The topological polar surface area (TPSA) is 3.88 Å². The van der Waals surface area contributed by atoms with E-state index in [2.05, 4.69) is 67.2 Å². The van der Waals surface area contributed by atoms with Crippen molar-refractivity contribution in [1.29, 1.82) is 0 Å². The molecule has 0 saturated carbocycles. The van der Waals surface area contributed by atoms with Gasteiger partial charge in [0.2, 0.25) is 0 Å². The minimum atomic E-state index is 1.12. The Balaban J connectivity index is 1.82. The summed E-state index contributed by atoms with van der Waals surface area (Å²) in [6.45, 7) is 5.73. The molecule has 1 heterocycles. The summed E-state index contributed by atoms with van der Waals surface area (Å²) < 4.78 is 2.45. The molecule has 0 amide bonds. The summed E-state index contributed by atoms with van der Waals surface area (Å²) in [7, 11) is 0. The van der Waals surface area contributed by atoms with Crippen LogP contribution < -0.4 is 4.57 Å². The van der Waals surface area contributed by atoms with Gasteiger partial charge in [0, 0.05) is 18.1 Å². The van der Waals surface area contributed by atoms with Gasteiger partial charge in [0.1, 0.15) is 6.54 Å². The molecule has 1 heteroatoms. The van der Waals surface area contributed by atoms with Gasteiger partial charge in [-0.2, -0.15) is 0 Å². The van der Waals surface area contributed by atoms with Crippen LogP contribution in [0.3, 0.4) is 0 Å². The first-order valence-electron chi connectivity index (χ1n) is 14.4. The van der Waals surface area contributed by atoms with E-state index in [4.69, 9.17) is 0 Å². The van der Waals surface area contributed by atoms with E-state index < -0.39 is 0 Å². The minimum Gasteiger partial charge on any atom is -0.205 e. The van der Waals surface area contributed by atoms with Crippen molar-refractivity contribution in [2.75, 3.05) is 0 Å². The number of nitrogens with zero attached hydrogens (tertiary/aromatic N) is 1. The van der Waals surface area contributed by atoms with Crippen molar-refractivity contribution in [1.82, 2.24) is 0 Å². The molecule has 0 fully saturated rings. The van der Waals surface area contributed by atoms with E-state index in [9.17, 15) is 0 Å². The molecule has 0 aliphatic rings. The first kappa shape index (κ1) is 27.6. The van der Waals surface area contributed by atoms with Gasteiger partial charge in [-0.25, -0.2) is 4.57 Å². The maximum Gasteiger partial charge on any atom is 0.172 e. The van der Waals surface area contributed by atoms with Crippen LogP contribution in [-0.2, 0) is 25.8 Å². The van der Waals surface area contributed by atoms with Crippen LogP contribution in [0.15, 0.2) is 48.8 Å². The predicted molar refractivity (Wildman–Crippen MR) is 145 cm³/mol. The second kappa shape index (κ2) is 18.8. The predicted octanol–water partition coefficient (Wildman–Crippen LogP) is 9.19. The molecule has 0 unspecified atom stereocenters. The monoisotopic (exact) mass is 450 g/mol. The zero-order chi connectivity index (χ0) is 23.4. The molecule has 0 aliphatic carbocycles. The first-order valence-corrected chi connectivity index (χ1v) is 14.4. The Kier molecular flexibility index (Phi) is 15.7. The van der Waals surface area contributed by atoms with Gasteiger partial charge in [0.25, 0.3) is 0 Å². The van der Waals surface area contributed by atoms with E-state index in [1.807, 2.05) is 0 Å². The van der Waals surface area contributed by atoms with Crippen LogP contribution in [0.2, 0.25) is 0 Å². The van der Waals surface area contributed by atoms with Gasteiger partial charge in [-0.05, 0) is 43.2 Å². The van der Waals surface area contributed by atoms with Gasteiger partial charge < -0.3 is 0 Å². The maximum atomic E-state index is 2.48. The van der Waals surface area contributed by atoms with Crippen molar-refractivity contribution in [2.24, 2.45) is 0 Å². The molecule has 1 aromatic heterocycles. The highest BCUT2D eigenvalue weighted by Crippen LogP contribution is 2.17. The summed E-state index contributed by atoms with van der Waals surface area (Å²) in [6.07, 6.45) is 29.3. The fourth-order valence-electron chi connectivity index (χ4n) is 4.88. The van der Waals surface area contributed by atoms with Gasteiger partial charge >= 0.3 is 0 Å². The standard InChI is InChI=1S/C32H52N/c1-3-5-7-9-11-13-18-24-31-26-28-33(27-20-23-30-21-16-15-17-22-30)29-32(31)25-19-14-12-10-8-6-4-2/h15-17,21-22,26,28-29H,3-14,18-20,23-25,27H2,1-2H3/q+1. The highest BCUT2D eigenvalue weighted by Gasteiger charge is 2.10. The number of unbranched alkanes of at least 4 members (excludes halogenated alkanes) is 12. The average molecular weight is 451 g/mol. The van der Waals surface area contributed by atoms with Crippen LogP contribution in [0.1, 0.15) is 127 Å². The SMILES string of the molecule is CCCCCCCCCc1cc[n+](CCCc2ccccc2)cc1CCCCCCCCC. The molecule has 0 radical (unpaired) electrons. The van der Waals surface area contributed by atoms with Crippen molar-refractivity contribution in [2.45, 2.75) is 136 Å². The van der Waals surface area contributed by atoms with Crippen LogP contribution in [0.5, 0.6) is 0 Å². The normalized spacial score (nSPS) is 11.2. The van der Waals surface area contributed by atoms with Crippen LogP contribution >= 0.6 is 0 Å². The van der Waals surface area contributed by atoms with E-state index in [0.717, 1.165) is 6.54 Å². The molecule has 184 valence electrons. The van der Waals surface area contributed by atoms with Crippen LogP contribution in [-0.4, -0.2) is 0 Å². The van der Waals surface area contributed by atoms with Gasteiger partial charge in [-0.15, -0.1) is 0 Å². The molecule has 0 spiro atoms. The first-order chi connectivity index (χ1) is 16.3. The third kappa shape index (κ3) is 13.0. The minimum absolute atomic E-state index is 1.12. The quantitative estimate of drug-likeness (QED) is 0.140. The molecule has 2 aromatic rings. The Morgan fingerprint density at radius 1 is 0.515 bits per heavy atom. The molecule has 0 aliphatic heterocycles. The lowest BCUT2D eigenvalue weighted by atomic mass is 9.97. The van der Waals surface area contributed by atoms with Crippen molar-refractivity contribution in [3.8, 4) is 0 Å². The summed E-state index contributed by atoms with van der Waals surface area (Å²) in [5.41, 5.74) is 4.70. The second-order valence-corrected chi connectivity index (χ2v) is 10.1. The number of aromatic nitrogens is 1. The zero-order valence-corrected chi connectivity index (χ0v) is 22.0. The Morgan fingerprint density at radius 2 is 1.06 bits per heavy atom. The van der Waals surface area contributed by atoms with Crippen molar-refractivity contribution in [3.63, 3.8) is 0 Å². The lowest BCUT2D eigenvalue weighted by Gasteiger charge is -2.10. The fourth-order valence-corrected chi connectivity index (χ4v) is 4.88. The summed E-state index contributed by atoms with van der Waals surface area (Å²) in [5.74, 6) is 0. The fraction of sp³-hybridized carbons (Fsp3) is 0.656. The Bertz CT molecular complexity index is 706. The van der Waals surface area contributed by atoms with Crippen molar-refractivity contribution < 1.29 is 4.57 Å². The summed E-state index contributed by atoms with van der Waals surface area (Å²) in [5, 5.41) is 0. The highest BCUT2D eigenvalue weighted by atomic mass is 14.9. The summed E-state index contributed by atoms with van der Waals surface area (Å²) >= 11 is 0. The molecular weight excluding hydrogens is 398 g/mol. The third-order valence-electron chi connectivity index (χ3n) is 7.03. The molecule has 0 saturated heterocycles. The van der Waals surface area contributed by atoms with Gasteiger partial charge in [-0.1, -0.05) is 121 Å². The van der Waals surface area contributed by atoms with Gasteiger partial charge in [-0.3, -0.25) is 0 Å². The maximum absolute atomic E-state index is 2.48. The largest absolute Gasteiger partial charge is 0.205 e. The number of pyridine rings is 1. The number of aryl methyl sites for hydroxylation is 4. The van der Waals surface area contributed by atoms with Crippen molar-refractivity contribution >= 4 is 0 Å². The number of benzene rings is 1. The molecule has 0 N–H and O–H groups in total. The smallest absolute Gasteiger partial charge is 0.172 e. The molecule has 0 atom stereocenters. The van der Waals surface area contributed by atoms with Gasteiger partial charge in [0.15, 0.2) is 12.4 Å². The molecule has 1 nitrogen and oxygen atoms in total. The third-order valence-corrected chi connectivity index (χ3v) is 7.03. The van der Waals surface area contributed by atoms with Crippen LogP contribution in [0.4, 0.5) is 0 Å². The Morgan fingerprint density at radius 3 is 1.67 bits per heavy atom. The molecule has 1 aromatic carbocycles.